The van der Waals surface area contributed by atoms with Gasteiger partial charge in [0.15, 0.2) is 0 Å². The molecule has 0 atom stereocenters. The fourth-order valence-corrected chi connectivity index (χ4v) is 2.10. The Morgan fingerprint density at radius 3 is 2.32 bits per heavy atom. The minimum absolute atomic E-state index is 0.178. The van der Waals surface area contributed by atoms with Gasteiger partial charge >= 0.3 is 0 Å². The molecule has 0 aliphatic heterocycles. The molecule has 2 aromatic carbocycles. The number of nitrogen functional groups attached to an aromatic ring is 1. The van der Waals surface area contributed by atoms with Crippen molar-refractivity contribution in [3.8, 4) is 11.3 Å². The van der Waals surface area contributed by atoms with E-state index in [0.29, 0.717) is 17.1 Å². The fraction of sp³-hybridized carbons (Fsp3) is 0. The summed E-state index contributed by atoms with van der Waals surface area (Å²) in [6.07, 6.45) is 0. The average Bonchev–Trinajstić information content (AvgIpc) is 2.56. The van der Waals surface area contributed by atoms with Crippen LogP contribution in [0.4, 0.5) is 11.5 Å². The third-order valence-corrected chi connectivity index (χ3v) is 3.23. The highest BCUT2D eigenvalue weighted by Crippen LogP contribution is 2.20. The van der Waals surface area contributed by atoms with Crippen LogP contribution in [0, 0.1) is 0 Å². The standard InChI is InChI=1S/C18H15N3O/c19-15-11-9-13(10-12-15)16-7-4-8-17(20-16)21-18(22)14-5-2-1-3-6-14/h1-12H,19H2,(H,20,21,22). The van der Waals surface area contributed by atoms with E-state index in [1.54, 1.807) is 18.2 Å². The molecule has 4 heteroatoms. The van der Waals surface area contributed by atoms with Crippen molar-refractivity contribution in [2.24, 2.45) is 0 Å². The second-order valence-corrected chi connectivity index (χ2v) is 4.85. The number of hydrogen-bond acceptors (Lipinski definition) is 3. The summed E-state index contributed by atoms with van der Waals surface area (Å²) < 4.78 is 0. The van der Waals surface area contributed by atoms with E-state index in [-0.39, 0.29) is 5.91 Å². The second-order valence-electron chi connectivity index (χ2n) is 4.85. The molecule has 1 heterocycles. The van der Waals surface area contributed by atoms with Crippen LogP contribution in [-0.2, 0) is 0 Å². The molecule has 3 rings (SSSR count). The Labute approximate surface area is 128 Å². The van der Waals surface area contributed by atoms with Crippen LogP contribution in [0.1, 0.15) is 10.4 Å². The highest BCUT2D eigenvalue weighted by atomic mass is 16.1. The molecule has 108 valence electrons. The van der Waals surface area contributed by atoms with Crippen LogP contribution in [-0.4, -0.2) is 10.9 Å². The lowest BCUT2D eigenvalue weighted by molar-refractivity contribution is 0.102. The summed E-state index contributed by atoms with van der Waals surface area (Å²) in [6, 6.07) is 22.0. The van der Waals surface area contributed by atoms with Crippen molar-refractivity contribution in [3.63, 3.8) is 0 Å². The number of pyridine rings is 1. The molecule has 1 amide bonds. The monoisotopic (exact) mass is 289 g/mol. The molecule has 4 nitrogen and oxygen atoms in total. The summed E-state index contributed by atoms with van der Waals surface area (Å²) in [7, 11) is 0. The molecule has 1 aromatic heterocycles. The van der Waals surface area contributed by atoms with Crippen molar-refractivity contribution in [1.82, 2.24) is 4.98 Å². The predicted octanol–water partition coefficient (Wildman–Crippen LogP) is 3.58. The minimum atomic E-state index is -0.178. The Kier molecular flexibility index (Phi) is 3.83. The van der Waals surface area contributed by atoms with E-state index in [4.69, 9.17) is 5.73 Å². The first kappa shape index (κ1) is 13.8. The number of hydrogen-bond donors (Lipinski definition) is 2. The van der Waals surface area contributed by atoms with Crippen molar-refractivity contribution < 1.29 is 4.79 Å². The van der Waals surface area contributed by atoms with Crippen molar-refractivity contribution in [1.29, 1.82) is 0 Å². The summed E-state index contributed by atoms with van der Waals surface area (Å²) in [5, 5.41) is 2.81. The van der Waals surface area contributed by atoms with Crippen LogP contribution in [0.15, 0.2) is 72.8 Å². The first-order valence-corrected chi connectivity index (χ1v) is 6.92. The smallest absolute Gasteiger partial charge is 0.256 e. The molecule has 0 saturated heterocycles. The highest BCUT2D eigenvalue weighted by Gasteiger charge is 2.07. The maximum Gasteiger partial charge on any atom is 0.256 e. The molecule has 0 fully saturated rings. The number of carbonyl (C=O) groups excluding carboxylic acids is 1. The number of anilines is 2. The Morgan fingerprint density at radius 2 is 1.59 bits per heavy atom. The van der Waals surface area contributed by atoms with Crippen molar-refractivity contribution in [2.75, 3.05) is 11.1 Å². The summed E-state index contributed by atoms with van der Waals surface area (Å²) in [4.78, 5) is 16.6. The molecule has 0 aliphatic rings. The maximum atomic E-state index is 12.1. The van der Waals surface area contributed by atoms with E-state index >= 15 is 0 Å². The second kappa shape index (κ2) is 6.10. The fourth-order valence-electron chi connectivity index (χ4n) is 2.10. The van der Waals surface area contributed by atoms with E-state index in [0.717, 1.165) is 11.3 Å². The topological polar surface area (TPSA) is 68.0 Å². The zero-order chi connectivity index (χ0) is 15.4. The largest absolute Gasteiger partial charge is 0.399 e. The van der Waals surface area contributed by atoms with Crippen LogP contribution in [0.2, 0.25) is 0 Å². The molecule has 3 aromatic rings. The molecule has 0 unspecified atom stereocenters. The molecule has 0 bridgehead atoms. The van der Waals surface area contributed by atoms with E-state index in [2.05, 4.69) is 10.3 Å². The van der Waals surface area contributed by atoms with Gasteiger partial charge in [0.1, 0.15) is 5.82 Å². The first-order valence-electron chi connectivity index (χ1n) is 6.92. The molecule has 22 heavy (non-hydrogen) atoms. The van der Waals surface area contributed by atoms with Gasteiger partial charge in [0.05, 0.1) is 5.69 Å². The van der Waals surface area contributed by atoms with Crippen LogP contribution in [0.25, 0.3) is 11.3 Å². The predicted molar refractivity (Wildman–Crippen MR) is 88.5 cm³/mol. The van der Waals surface area contributed by atoms with E-state index < -0.39 is 0 Å². The van der Waals surface area contributed by atoms with Crippen LogP contribution in [0.3, 0.4) is 0 Å². The minimum Gasteiger partial charge on any atom is -0.399 e. The molecule has 0 saturated carbocycles. The lowest BCUT2D eigenvalue weighted by atomic mass is 10.1. The Bertz CT molecular complexity index is 783. The van der Waals surface area contributed by atoms with E-state index in [9.17, 15) is 4.79 Å². The van der Waals surface area contributed by atoms with Gasteiger partial charge in [-0.3, -0.25) is 4.79 Å². The zero-order valence-corrected chi connectivity index (χ0v) is 11.9. The van der Waals surface area contributed by atoms with Crippen molar-refractivity contribution >= 4 is 17.4 Å². The van der Waals surface area contributed by atoms with Crippen LogP contribution in [0.5, 0.6) is 0 Å². The van der Waals surface area contributed by atoms with Crippen molar-refractivity contribution in [2.45, 2.75) is 0 Å². The van der Waals surface area contributed by atoms with Crippen LogP contribution >= 0.6 is 0 Å². The third kappa shape index (κ3) is 3.12. The molecule has 3 N–H and O–H groups in total. The lowest BCUT2D eigenvalue weighted by Gasteiger charge is -2.07. The number of aromatic nitrogens is 1. The summed E-state index contributed by atoms with van der Waals surface area (Å²) in [5.41, 5.74) is 8.72. The number of nitrogens with zero attached hydrogens (tertiary/aromatic N) is 1. The molecular weight excluding hydrogens is 274 g/mol. The number of rotatable bonds is 3. The summed E-state index contributed by atoms with van der Waals surface area (Å²) in [5.74, 6) is 0.339. The van der Waals surface area contributed by atoms with Gasteiger partial charge in [-0.1, -0.05) is 36.4 Å². The van der Waals surface area contributed by atoms with Gasteiger partial charge in [-0.15, -0.1) is 0 Å². The van der Waals surface area contributed by atoms with Gasteiger partial charge in [-0.25, -0.2) is 4.98 Å². The van der Waals surface area contributed by atoms with E-state index in [1.807, 2.05) is 54.6 Å². The van der Waals surface area contributed by atoms with Gasteiger partial charge in [0, 0.05) is 16.8 Å². The third-order valence-electron chi connectivity index (χ3n) is 3.23. The zero-order valence-electron chi connectivity index (χ0n) is 11.9. The first-order chi connectivity index (χ1) is 10.7. The van der Waals surface area contributed by atoms with Gasteiger partial charge in [-0.05, 0) is 36.4 Å². The Hall–Kier alpha value is -3.14. The van der Waals surface area contributed by atoms with Gasteiger partial charge in [-0.2, -0.15) is 0 Å². The number of nitrogens with one attached hydrogen (secondary N) is 1. The molecule has 0 aliphatic carbocycles. The number of benzene rings is 2. The number of carbonyl (C=O) groups is 1. The average molecular weight is 289 g/mol. The lowest BCUT2D eigenvalue weighted by Crippen LogP contribution is -2.12. The van der Waals surface area contributed by atoms with Crippen LogP contribution < -0.4 is 11.1 Å². The summed E-state index contributed by atoms with van der Waals surface area (Å²) in [6.45, 7) is 0. The van der Waals surface area contributed by atoms with E-state index in [1.165, 1.54) is 0 Å². The Morgan fingerprint density at radius 1 is 0.864 bits per heavy atom. The Balaban J connectivity index is 1.82. The number of nitrogens with two attached hydrogens (primary N) is 1. The quantitative estimate of drug-likeness (QED) is 0.724. The molecule has 0 radical (unpaired) electrons. The normalized spacial score (nSPS) is 10.2. The van der Waals surface area contributed by atoms with Crippen molar-refractivity contribution in [3.05, 3.63) is 78.4 Å². The van der Waals surface area contributed by atoms with Gasteiger partial charge in [0.25, 0.3) is 5.91 Å². The SMILES string of the molecule is Nc1ccc(-c2cccc(NC(=O)c3ccccc3)n2)cc1. The summed E-state index contributed by atoms with van der Waals surface area (Å²) >= 11 is 0. The molecule has 0 spiro atoms. The highest BCUT2D eigenvalue weighted by molar-refractivity contribution is 6.03. The maximum absolute atomic E-state index is 12.1. The molecular formula is C18H15N3O. The van der Waals surface area contributed by atoms with Gasteiger partial charge in [0.2, 0.25) is 0 Å². The number of amides is 1. The van der Waals surface area contributed by atoms with Gasteiger partial charge < -0.3 is 11.1 Å².